The third-order valence-electron chi connectivity index (χ3n) is 5.65. The third kappa shape index (κ3) is 5.65. The van der Waals surface area contributed by atoms with Crippen LogP contribution in [0.5, 0.6) is 0 Å². The Bertz CT molecular complexity index is 864. The number of carbonyl (C=O) groups excluding carboxylic acids is 2. The quantitative estimate of drug-likeness (QED) is 0.697. The van der Waals surface area contributed by atoms with Crippen molar-refractivity contribution in [3.63, 3.8) is 0 Å². The number of carbonyl (C=O) groups is 2. The number of nitrogens with one attached hydrogen (secondary N) is 1. The zero-order valence-electron chi connectivity index (χ0n) is 17.2. The van der Waals surface area contributed by atoms with E-state index in [1.54, 1.807) is 30.3 Å². The Morgan fingerprint density at radius 2 is 1.73 bits per heavy atom. The van der Waals surface area contributed by atoms with Gasteiger partial charge in [0.05, 0.1) is 6.42 Å². The number of rotatable bonds is 8. The molecule has 0 bridgehead atoms. The van der Waals surface area contributed by atoms with Crippen molar-refractivity contribution in [3.8, 4) is 0 Å². The number of amides is 2. The largest absolute Gasteiger partial charge is 0.352 e. The normalized spacial score (nSPS) is 15.0. The molecule has 30 heavy (non-hydrogen) atoms. The Hall–Kier alpha value is -2.76. The third-order valence-corrected chi connectivity index (χ3v) is 5.65. The number of hydrogen-bond donors (Lipinski definition) is 1. The second-order valence-corrected chi connectivity index (χ2v) is 7.83. The fraction of sp³-hybridized carbons (Fsp3) is 0.417. The standard InChI is InChI=1S/C24H28F2N2O2/c1-2-22(24(30)27-20-8-4-5-9-20)28(16-17-11-13-19(25)14-12-17)23(29)15-18-7-3-6-10-21(18)26/h3,6-7,10-14,20,22H,2,4-5,8-9,15-16H2,1H3,(H,27,30)/t22-/m0/s1. The van der Waals surface area contributed by atoms with E-state index in [1.165, 1.54) is 23.1 Å². The minimum atomic E-state index is -0.671. The molecule has 6 heteroatoms. The van der Waals surface area contributed by atoms with Crippen LogP contribution >= 0.6 is 0 Å². The van der Waals surface area contributed by atoms with Crippen molar-refractivity contribution in [1.82, 2.24) is 10.2 Å². The van der Waals surface area contributed by atoms with Crippen LogP contribution in [-0.4, -0.2) is 28.8 Å². The van der Waals surface area contributed by atoms with E-state index in [1.807, 2.05) is 6.92 Å². The first kappa shape index (κ1) is 21.9. The lowest BCUT2D eigenvalue weighted by atomic mass is 10.1. The highest BCUT2D eigenvalue weighted by Gasteiger charge is 2.30. The number of halogens is 2. The van der Waals surface area contributed by atoms with Crippen molar-refractivity contribution in [2.45, 2.75) is 64.1 Å². The van der Waals surface area contributed by atoms with Crippen molar-refractivity contribution < 1.29 is 18.4 Å². The van der Waals surface area contributed by atoms with Gasteiger partial charge in [-0.15, -0.1) is 0 Å². The molecule has 3 rings (SSSR count). The van der Waals surface area contributed by atoms with Gasteiger partial charge in [0.25, 0.3) is 0 Å². The Balaban J connectivity index is 1.82. The lowest BCUT2D eigenvalue weighted by Crippen LogP contribution is -2.51. The second-order valence-electron chi connectivity index (χ2n) is 7.83. The van der Waals surface area contributed by atoms with Crippen LogP contribution in [0.3, 0.4) is 0 Å². The van der Waals surface area contributed by atoms with E-state index in [4.69, 9.17) is 0 Å². The van der Waals surface area contributed by atoms with Crippen LogP contribution in [0.1, 0.15) is 50.2 Å². The van der Waals surface area contributed by atoms with Gasteiger partial charge in [-0.25, -0.2) is 8.78 Å². The van der Waals surface area contributed by atoms with Crippen LogP contribution in [0.15, 0.2) is 48.5 Å². The lowest BCUT2D eigenvalue weighted by molar-refractivity contribution is -0.141. The van der Waals surface area contributed by atoms with E-state index in [-0.39, 0.29) is 42.2 Å². The van der Waals surface area contributed by atoms with Crippen molar-refractivity contribution in [2.75, 3.05) is 0 Å². The number of hydrogen-bond acceptors (Lipinski definition) is 2. The maximum atomic E-state index is 14.1. The van der Waals surface area contributed by atoms with E-state index < -0.39 is 11.9 Å². The second kappa shape index (κ2) is 10.3. The molecule has 0 radical (unpaired) electrons. The van der Waals surface area contributed by atoms with Crippen LogP contribution in [0.2, 0.25) is 0 Å². The van der Waals surface area contributed by atoms with Crippen LogP contribution in [0, 0.1) is 11.6 Å². The average Bonchev–Trinajstić information content (AvgIpc) is 3.24. The molecule has 4 nitrogen and oxygen atoms in total. The Labute approximate surface area is 176 Å². The van der Waals surface area contributed by atoms with Gasteiger partial charge in [0.2, 0.25) is 11.8 Å². The van der Waals surface area contributed by atoms with Gasteiger partial charge in [-0.2, -0.15) is 0 Å². The van der Waals surface area contributed by atoms with Gasteiger partial charge in [-0.05, 0) is 48.6 Å². The first-order valence-corrected chi connectivity index (χ1v) is 10.6. The lowest BCUT2D eigenvalue weighted by Gasteiger charge is -2.31. The van der Waals surface area contributed by atoms with Crippen molar-refractivity contribution in [3.05, 3.63) is 71.3 Å². The zero-order valence-corrected chi connectivity index (χ0v) is 17.2. The molecule has 1 aliphatic rings. The molecule has 1 atom stereocenters. The van der Waals surface area contributed by atoms with Gasteiger partial charge in [0, 0.05) is 12.6 Å². The van der Waals surface area contributed by atoms with E-state index in [0.717, 1.165) is 25.7 Å². The SMILES string of the molecule is CC[C@@H](C(=O)NC1CCCC1)N(Cc1ccc(F)cc1)C(=O)Cc1ccccc1F. The summed E-state index contributed by atoms with van der Waals surface area (Å²) in [4.78, 5) is 27.7. The Morgan fingerprint density at radius 3 is 2.37 bits per heavy atom. The van der Waals surface area contributed by atoms with Gasteiger partial charge < -0.3 is 10.2 Å². The molecule has 2 amide bonds. The topological polar surface area (TPSA) is 49.4 Å². The summed E-state index contributed by atoms with van der Waals surface area (Å²) in [5.41, 5.74) is 1.00. The van der Waals surface area contributed by atoms with Gasteiger partial charge in [0.15, 0.2) is 0 Å². The van der Waals surface area contributed by atoms with Crippen LogP contribution < -0.4 is 5.32 Å². The molecule has 0 saturated heterocycles. The molecule has 0 unspecified atom stereocenters. The predicted molar refractivity (Wildman–Crippen MR) is 112 cm³/mol. The summed E-state index contributed by atoms with van der Waals surface area (Å²) in [5, 5.41) is 3.07. The molecular formula is C24H28F2N2O2. The minimum absolute atomic E-state index is 0.138. The molecule has 0 aliphatic heterocycles. The van der Waals surface area contributed by atoms with Gasteiger partial charge in [-0.3, -0.25) is 9.59 Å². The molecule has 160 valence electrons. The summed E-state index contributed by atoms with van der Waals surface area (Å²) in [7, 11) is 0. The summed E-state index contributed by atoms with van der Waals surface area (Å²) >= 11 is 0. The molecule has 0 aromatic heterocycles. The number of nitrogens with zero attached hydrogens (tertiary/aromatic N) is 1. The predicted octanol–water partition coefficient (Wildman–Crippen LogP) is 4.37. The van der Waals surface area contributed by atoms with E-state index in [0.29, 0.717) is 12.0 Å². The van der Waals surface area contributed by atoms with E-state index in [2.05, 4.69) is 5.32 Å². The molecular weight excluding hydrogens is 386 g/mol. The molecule has 1 fully saturated rings. The molecule has 2 aromatic carbocycles. The summed E-state index contributed by atoms with van der Waals surface area (Å²) in [6.07, 6.45) is 4.37. The molecule has 1 saturated carbocycles. The molecule has 0 spiro atoms. The first-order valence-electron chi connectivity index (χ1n) is 10.6. The van der Waals surface area contributed by atoms with Crippen molar-refractivity contribution >= 4 is 11.8 Å². The highest BCUT2D eigenvalue weighted by molar-refractivity contribution is 5.88. The summed E-state index contributed by atoms with van der Waals surface area (Å²) in [6.45, 7) is 2.01. The monoisotopic (exact) mass is 414 g/mol. The van der Waals surface area contributed by atoms with Crippen LogP contribution in [0.25, 0.3) is 0 Å². The Morgan fingerprint density at radius 1 is 1.07 bits per heavy atom. The minimum Gasteiger partial charge on any atom is -0.352 e. The average molecular weight is 414 g/mol. The van der Waals surface area contributed by atoms with Crippen LogP contribution in [0.4, 0.5) is 8.78 Å². The Kier molecular flexibility index (Phi) is 7.55. The van der Waals surface area contributed by atoms with Gasteiger partial charge in [-0.1, -0.05) is 50.1 Å². The first-order chi connectivity index (χ1) is 14.5. The van der Waals surface area contributed by atoms with Gasteiger partial charge >= 0.3 is 0 Å². The summed E-state index contributed by atoms with van der Waals surface area (Å²) in [6, 6.07) is 11.5. The van der Waals surface area contributed by atoms with E-state index in [9.17, 15) is 18.4 Å². The fourth-order valence-corrected chi connectivity index (χ4v) is 3.98. The zero-order chi connectivity index (χ0) is 21.5. The highest BCUT2D eigenvalue weighted by atomic mass is 19.1. The van der Waals surface area contributed by atoms with Crippen molar-refractivity contribution in [1.29, 1.82) is 0 Å². The molecule has 1 N–H and O–H groups in total. The molecule has 0 heterocycles. The molecule has 2 aromatic rings. The van der Waals surface area contributed by atoms with Crippen molar-refractivity contribution in [2.24, 2.45) is 0 Å². The van der Waals surface area contributed by atoms with Gasteiger partial charge in [0.1, 0.15) is 17.7 Å². The fourth-order valence-electron chi connectivity index (χ4n) is 3.98. The van der Waals surface area contributed by atoms with E-state index >= 15 is 0 Å². The molecule has 1 aliphatic carbocycles. The maximum absolute atomic E-state index is 14.1. The number of benzene rings is 2. The maximum Gasteiger partial charge on any atom is 0.243 e. The highest BCUT2D eigenvalue weighted by Crippen LogP contribution is 2.20. The smallest absolute Gasteiger partial charge is 0.243 e. The summed E-state index contributed by atoms with van der Waals surface area (Å²) < 4.78 is 27.4. The summed E-state index contributed by atoms with van der Waals surface area (Å²) in [5.74, 6) is -1.34. The van der Waals surface area contributed by atoms with Crippen LogP contribution in [-0.2, 0) is 22.6 Å².